The number of aliphatic hydroxyl groups is 1. The zero-order chi connectivity index (χ0) is 21.1. The van der Waals surface area contributed by atoms with Gasteiger partial charge >= 0.3 is 0 Å². The van der Waals surface area contributed by atoms with Gasteiger partial charge in [0.1, 0.15) is 5.76 Å². The third-order valence-electron chi connectivity index (χ3n) is 5.13. The number of benzene rings is 2. The van der Waals surface area contributed by atoms with Gasteiger partial charge in [0.2, 0.25) is 0 Å². The third kappa shape index (κ3) is 4.03. The Morgan fingerprint density at radius 2 is 1.69 bits per heavy atom. The molecule has 1 fully saturated rings. The second-order valence-electron chi connectivity index (χ2n) is 7.34. The Morgan fingerprint density at radius 1 is 1.07 bits per heavy atom. The van der Waals surface area contributed by atoms with E-state index in [1.807, 2.05) is 62.3 Å². The van der Waals surface area contributed by atoms with Crippen molar-refractivity contribution in [3.63, 3.8) is 0 Å². The number of methoxy groups -OCH3 is 1. The van der Waals surface area contributed by atoms with Crippen LogP contribution < -0.4 is 4.90 Å². The van der Waals surface area contributed by atoms with E-state index >= 15 is 0 Å². The highest BCUT2D eigenvalue weighted by molar-refractivity contribution is 6.46. The maximum Gasteiger partial charge on any atom is 0.295 e. The number of aryl methyl sites for hydroxylation is 1. The number of hydrogen-bond donors (Lipinski definition) is 1. The van der Waals surface area contributed by atoms with Crippen LogP contribution in [0.3, 0.4) is 0 Å². The fourth-order valence-electron chi connectivity index (χ4n) is 3.47. The second-order valence-corrected chi connectivity index (χ2v) is 7.34. The van der Waals surface area contributed by atoms with E-state index in [-0.39, 0.29) is 17.9 Å². The van der Waals surface area contributed by atoms with E-state index in [9.17, 15) is 14.7 Å². The summed E-state index contributed by atoms with van der Waals surface area (Å²) in [6.07, 6.45) is 0. The lowest BCUT2D eigenvalue weighted by Gasteiger charge is -2.25. The number of carbonyl (C=O) groups is 2. The molecular formula is C23H26N2O4. The molecule has 0 bridgehead atoms. The highest BCUT2D eigenvalue weighted by Gasteiger charge is 2.45. The molecule has 1 amide bonds. The van der Waals surface area contributed by atoms with E-state index in [0.717, 1.165) is 16.8 Å². The van der Waals surface area contributed by atoms with E-state index in [4.69, 9.17) is 4.74 Å². The van der Waals surface area contributed by atoms with Crippen LogP contribution in [-0.2, 0) is 14.3 Å². The van der Waals surface area contributed by atoms with Gasteiger partial charge in [0, 0.05) is 39.0 Å². The third-order valence-corrected chi connectivity index (χ3v) is 5.13. The molecule has 1 N–H and O–H groups in total. The summed E-state index contributed by atoms with van der Waals surface area (Å²) in [7, 11) is 5.43. The van der Waals surface area contributed by atoms with Crippen LogP contribution in [0.4, 0.5) is 5.69 Å². The number of carbonyl (C=O) groups excluding carboxylic acids is 2. The number of nitrogens with zero attached hydrogens (tertiary/aromatic N) is 2. The minimum atomic E-state index is -0.680. The Bertz CT molecular complexity index is 930. The zero-order valence-electron chi connectivity index (χ0n) is 17.2. The van der Waals surface area contributed by atoms with E-state index in [0.29, 0.717) is 12.2 Å². The largest absolute Gasteiger partial charge is 0.507 e. The topological polar surface area (TPSA) is 70.1 Å². The molecule has 29 heavy (non-hydrogen) atoms. The Balaban J connectivity index is 2.13. The number of aliphatic hydroxyl groups excluding tert-OH is 1. The van der Waals surface area contributed by atoms with Crippen LogP contribution in [0.2, 0.25) is 0 Å². The molecule has 152 valence electrons. The molecule has 1 saturated heterocycles. The van der Waals surface area contributed by atoms with Gasteiger partial charge in [-0.1, -0.05) is 42.0 Å². The Morgan fingerprint density at radius 3 is 2.24 bits per heavy atom. The predicted octanol–water partition coefficient (Wildman–Crippen LogP) is 3.13. The van der Waals surface area contributed by atoms with Crippen molar-refractivity contribution in [3.8, 4) is 0 Å². The van der Waals surface area contributed by atoms with E-state index in [1.165, 1.54) is 4.90 Å². The molecule has 3 rings (SSSR count). The first-order valence-corrected chi connectivity index (χ1v) is 9.46. The maximum absolute atomic E-state index is 12.9. The molecule has 6 nitrogen and oxygen atoms in total. The Kier molecular flexibility index (Phi) is 6.03. The van der Waals surface area contributed by atoms with Crippen molar-refractivity contribution >= 4 is 23.1 Å². The number of ether oxygens (including phenoxy) is 1. The monoisotopic (exact) mass is 394 g/mol. The summed E-state index contributed by atoms with van der Waals surface area (Å²) in [6.45, 7) is 2.50. The predicted molar refractivity (Wildman–Crippen MR) is 113 cm³/mol. The quantitative estimate of drug-likeness (QED) is 0.463. The number of Topliss-reactive ketones (excluding diaryl/α,β-unsaturated/α-hetero) is 1. The fourth-order valence-corrected chi connectivity index (χ4v) is 3.47. The molecule has 0 aromatic heterocycles. The molecule has 0 unspecified atom stereocenters. The molecule has 1 aliphatic heterocycles. The number of amides is 1. The van der Waals surface area contributed by atoms with E-state index in [1.54, 1.807) is 19.2 Å². The lowest BCUT2D eigenvalue weighted by atomic mass is 9.95. The van der Waals surface area contributed by atoms with Gasteiger partial charge in [0.05, 0.1) is 18.2 Å². The number of rotatable bonds is 6. The second kappa shape index (κ2) is 8.49. The van der Waals surface area contributed by atoms with Crippen molar-refractivity contribution in [1.82, 2.24) is 4.90 Å². The summed E-state index contributed by atoms with van der Waals surface area (Å²) < 4.78 is 5.13. The molecule has 6 heteroatoms. The molecule has 2 aromatic rings. The van der Waals surface area contributed by atoms with Crippen molar-refractivity contribution in [1.29, 1.82) is 0 Å². The standard InChI is InChI=1S/C23H26N2O4/c1-15-5-7-17(8-6-15)21(26)19-20(16-9-11-18(12-10-16)24(2)3)25(13-14-29-4)23(28)22(19)27/h5-12,20,26H,13-14H2,1-4H3/t20-/m1/s1. The summed E-state index contributed by atoms with van der Waals surface area (Å²) in [5, 5.41) is 11.0. The molecule has 1 aliphatic rings. The molecule has 1 atom stereocenters. The van der Waals surface area contributed by atoms with Gasteiger partial charge in [-0.2, -0.15) is 0 Å². The molecule has 0 radical (unpaired) electrons. The van der Waals surface area contributed by atoms with Crippen LogP contribution >= 0.6 is 0 Å². The lowest BCUT2D eigenvalue weighted by molar-refractivity contribution is -0.140. The highest BCUT2D eigenvalue weighted by atomic mass is 16.5. The van der Waals surface area contributed by atoms with Crippen LogP contribution in [-0.4, -0.2) is 56.1 Å². The molecule has 2 aromatic carbocycles. The van der Waals surface area contributed by atoms with Crippen LogP contribution in [0.1, 0.15) is 22.7 Å². The lowest BCUT2D eigenvalue weighted by Crippen LogP contribution is -2.32. The van der Waals surface area contributed by atoms with Crippen molar-refractivity contribution in [3.05, 3.63) is 70.8 Å². The molecule has 0 spiro atoms. The van der Waals surface area contributed by atoms with Crippen molar-refractivity contribution in [2.24, 2.45) is 0 Å². The molecule has 1 heterocycles. The average molecular weight is 394 g/mol. The molecule has 0 aliphatic carbocycles. The van der Waals surface area contributed by atoms with Gasteiger partial charge in [-0.3, -0.25) is 9.59 Å². The molecular weight excluding hydrogens is 368 g/mol. The van der Waals surface area contributed by atoms with E-state index < -0.39 is 17.7 Å². The number of anilines is 1. The van der Waals surface area contributed by atoms with Gasteiger partial charge in [-0.15, -0.1) is 0 Å². The Hall–Kier alpha value is -3.12. The van der Waals surface area contributed by atoms with Crippen LogP contribution in [0.25, 0.3) is 5.76 Å². The summed E-state index contributed by atoms with van der Waals surface area (Å²) in [5.74, 6) is -1.47. The van der Waals surface area contributed by atoms with Gasteiger partial charge < -0.3 is 19.6 Å². The van der Waals surface area contributed by atoms with Gasteiger partial charge in [-0.25, -0.2) is 0 Å². The average Bonchev–Trinajstić information content (AvgIpc) is 2.97. The minimum absolute atomic E-state index is 0.104. The fraction of sp³-hybridized carbons (Fsp3) is 0.304. The first-order valence-electron chi connectivity index (χ1n) is 9.46. The minimum Gasteiger partial charge on any atom is -0.507 e. The molecule has 0 saturated carbocycles. The SMILES string of the molecule is COCCN1C(=O)C(=O)C(=C(O)c2ccc(C)cc2)[C@H]1c1ccc(N(C)C)cc1. The van der Waals surface area contributed by atoms with Crippen LogP contribution in [0.15, 0.2) is 54.1 Å². The first kappa shape index (κ1) is 20.6. The van der Waals surface area contributed by atoms with Crippen molar-refractivity contribution in [2.45, 2.75) is 13.0 Å². The normalized spacial score (nSPS) is 18.3. The van der Waals surface area contributed by atoms with Gasteiger partial charge in [-0.05, 0) is 24.6 Å². The zero-order valence-corrected chi connectivity index (χ0v) is 17.2. The van der Waals surface area contributed by atoms with Gasteiger partial charge in [0.15, 0.2) is 0 Å². The first-order chi connectivity index (χ1) is 13.8. The van der Waals surface area contributed by atoms with Gasteiger partial charge in [0.25, 0.3) is 11.7 Å². The van der Waals surface area contributed by atoms with Crippen molar-refractivity contribution in [2.75, 3.05) is 39.3 Å². The number of ketones is 1. The van der Waals surface area contributed by atoms with E-state index in [2.05, 4.69) is 0 Å². The summed E-state index contributed by atoms with van der Waals surface area (Å²) in [5.41, 5.74) is 3.42. The van der Waals surface area contributed by atoms with Crippen LogP contribution in [0.5, 0.6) is 0 Å². The highest BCUT2D eigenvalue weighted by Crippen LogP contribution is 2.39. The summed E-state index contributed by atoms with van der Waals surface area (Å²) >= 11 is 0. The number of hydrogen-bond acceptors (Lipinski definition) is 5. The van der Waals surface area contributed by atoms with Crippen molar-refractivity contribution < 1.29 is 19.4 Å². The number of likely N-dealkylation sites (tertiary alicyclic amines) is 1. The Labute approximate surface area is 171 Å². The smallest absolute Gasteiger partial charge is 0.295 e. The summed E-state index contributed by atoms with van der Waals surface area (Å²) in [6, 6.07) is 14.2. The summed E-state index contributed by atoms with van der Waals surface area (Å²) in [4.78, 5) is 29.0. The van der Waals surface area contributed by atoms with Crippen LogP contribution in [0, 0.1) is 6.92 Å². The maximum atomic E-state index is 12.9.